The van der Waals surface area contributed by atoms with Crippen molar-refractivity contribution >= 4 is 24.7 Å². The molecular formula is C15H30O4P2. The van der Waals surface area contributed by atoms with E-state index in [0.717, 1.165) is 6.42 Å². The van der Waals surface area contributed by atoms with Gasteiger partial charge in [-0.1, -0.05) is 26.8 Å². The molecule has 4 atom stereocenters. The number of rotatable bonds is 10. The Balaban J connectivity index is 5.33. The molecule has 0 aromatic heterocycles. The van der Waals surface area contributed by atoms with Gasteiger partial charge in [-0.15, -0.1) is 6.58 Å². The lowest BCUT2D eigenvalue weighted by Gasteiger charge is -2.40. The van der Waals surface area contributed by atoms with Crippen LogP contribution in [0.25, 0.3) is 0 Å². The van der Waals surface area contributed by atoms with Gasteiger partial charge in [0.2, 0.25) is 0 Å². The van der Waals surface area contributed by atoms with Gasteiger partial charge in [-0.25, -0.2) is 0 Å². The summed E-state index contributed by atoms with van der Waals surface area (Å²) in [5.74, 6) is -0.246. The van der Waals surface area contributed by atoms with E-state index < -0.39 is 11.7 Å². The van der Waals surface area contributed by atoms with Gasteiger partial charge in [0.15, 0.2) is 6.29 Å². The van der Waals surface area contributed by atoms with E-state index >= 15 is 0 Å². The number of Topliss-reactive ketones (excluding diaryl/α,β-unsaturated/α-hetero) is 1. The minimum absolute atomic E-state index is 0.0430. The summed E-state index contributed by atoms with van der Waals surface area (Å²) in [6, 6.07) is 0. The second-order valence-corrected chi connectivity index (χ2v) is 7.16. The molecular weight excluding hydrogens is 306 g/mol. The molecule has 0 aliphatic carbocycles. The van der Waals surface area contributed by atoms with Crippen LogP contribution in [-0.2, 0) is 18.6 Å². The molecule has 0 saturated carbocycles. The first-order valence-corrected chi connectivity index (χ1v) is 7.93. The predicted molar refractivity (Wildman–Crippen MR) is 92.7 cm³/mol. The van der Waals surface area contributed by atoms with Crippen LogP contribution in [0.5, 0.6) is 0 Å². The van der Waals surface area contributed by atoms with Crippen molar-refractivity contribution in [3.63, 3.8) is 0 Å². The van der Waals surface area contributed by atoms with Crippen LogP contribution in [0.1, 0.15) is 41.0 Å². The van der Waals surface area contributed by atoms with Gasteiger partial charge in [-0.2, -0.15) is 0 Å². The van der Waals surface area contributed by atoms with Crippen molar-refractivity contribution in [3.05, 3.63) is 12.7 Å². The number of ether oxygens (including phenoxy) is 1. The minimum Gasteiger partial charge on any atom is -0.380 e. The molecule has 6 heteroatoms. The van der Waals surface area contributed by atoms with Crippen molar-refractivity contribution in [1.82, 2.24) is 0 Å². The first-order valence-electron chi connectivity index (χ1n) is 6.99. The first kappa shape index (κ1) is 21.1. The van der Waals surface area contributed by atoms with E-state index in [1.807, 2.05) is 26.8 Å². The maximum Gasteiger partial charge on any atom is 0.175 e. The molecule has 0 aliphatic rings. The number of ketones is 1. The summed E-state index contributed by atoms with van der Waals surface area (Å²) in [5.41, 5.74) is -0.968. The monoisotopic (exact) mass is 336 g/mol. The van der Waals surface area contributed by atoms with E-state index in [2.05, 4.69) is 39.4 Å². The van der Waals surface area contributed by atoms with Crippen LogP contribution >= 0.6 is 18.9 Å². The first-order chi connectivity index (χ1) is 9.59. The maximum absolute atomic E-state index is 12.9. The Labute approximate surface area is 133 Å². The van der Waals surface area contributed by atoms with Crippen LogP contribution in [-0.4, -0.2) is 25.3 Å². The zero-order valence-electron chi connectivity index (χ0n) is 14.0. The summed E-state index contributed by atoms with van der Waals surface area (Å²) in [4.78, 5) is 12.9. The zero-order chi connectivity index (χ0) is 16.8. The van der Waals surface area contributed by atoms with Gasteiger partial charge in [0, 0.05) is 32.0 Å². The van der Waals surface area contributed by atoms with Gasteiger partial charge in [0.1, 0.15) is 5.78 Å². The smallest absolute Gasteiger partial charge is 0.175 e. The largest absolute Gasteiger partial charge is 0.380 e. The second-order valence-electron chi connectivity index (χ2n) is 6.62. The summed E-state index contributed by atoms with van der Waals surface area (Å²) in [6.07, 6.45) is 1.77. The summed E-state index contributed by atoms with van der Waals surface area (Å²) >= 11 is 0. The Morgan fingerprint density at radius 2 is 1.71 bits per heavy atom. The van der Waals surface area contributed by atoms with Crippen molar-refractivity contribution in [2.24, 2.45) is 16.7 Å². The highest BCUT2D eigenvalue weighted by molar-refractivity contribution is 7.10. The third-order valence-electron chi connectivity index (χ3n) is 4.03. The van der Waals surface area contributed by atoms with Gasteiger partial charge in [-0.3, -0.25) is 4.79 Å². The van der Waals surface area contributed by atoms with E-state index in [9.17, 15) is 4.79 Å². The summed E-state index contributed by atoms with van der Waals surface area (Å²) in [6.45, 7) is 13.5. The van der Waals surface area contributed by atoms with E-state index in [4.69, 9.17) is 13.8 Å². The Hall–Kier alpha value is 0.150. The molecule has 124 valence electrons. The van der Waals surface area contributed by atoms with Gasteiger partial charge in [0.25, 0.3) is 0 Å². The lowest BCUT2D eigenvalue weighted by molar-refractivity contribution is -0.153. The van der Waals surface area contributed by atoms with E-state index in [0.29, 0.717) is 0 Å². The van der Waals surface area contributed by atoms with Gasteiger partial charge >= 0.3 is 0 Å². The topological polar surface area (TPSA) is 44.8 Å². The lowest BCUT2D eigenvalue weighted by Crippen LogP contribution is -2.48. The van der Waals surface area contributed by atoms with Crippen molar-refractivity contribution in [2.45, 2.75) is 53.4 Å². The quantitative estimate of drug-likeness (QED) is 0.346. The van der Waals surface area contributed by atoms with Crippen LogP contribution in [0.15, 0.2) is 12.7 Å². The number of carbonyl (C=O) groups is 1. The Kier molecular flexibility index (Phi) is 8.76. The third-order valence-corrected chi connectivity index (χ3v) is 4.53. The Bertz CT molecular complexity index is 352. The molecule has 0 heterocycles. The van der Waals surface area contributed by atoms with E-state index in [1.165, 1.54) is 0 Å². The number of methoxy groups -OCH3 is 1. The van der Waals surface area contributed by atoms with Crippen molar-refractivity contribution < 1.29 is 18.6 Å². The fraction of sp³-hybridized carbons (Fsp3) is 0.800. The fourth-order valence-corrected chi connectivity index (χ4v) is 3.84. The zero-order valence-corrected chi connectivity index (χ0v) is 16.3. The lowest BCUT2D eigenvalue weighted by atomic mass is 9.71. The Morgan fingerprint density at radius 3 is 2.05 bits per heavy atom. The Morgan fingerprint density at radius 1 is 1.24 bits per heavy atom. The van der Waals surface area contributed by atoms with Crippen LogP contribution < -0.4 is 0 Å². The molecule has 0 N–H and O–H groups in total. The van der Waals surface area contributed by atoms with Crippen molar-refractivity contribution in [2.75, 3.05) is 7.11 Å². The van der Waals surface area contributed by atoms with E-state index in [-0.39, 0.29) is 23.2 Å². The van der Waals surface area contributed by atoms with Crippen LogP contribution in [0.4, 0.5) is 0 Å². The van der Waals surface area contributed by atoms with Crippen molar-refractivity contribution in [1.29, 1.82) is 0 Å². The molecule has 21 heavy (non-hydrogen) atoms. The molecule has 4 nitrogen and oxygen atoms in total. The average molecular weight is 336 g/mol. The number of hydrogen-bond donors (Lipinski definition) is 0. The standard InChI is InChI=1S/C15H30O4P2/c1-8-9-14(3,4)12(17-7)10(2)11(16)15(5,6)13(18-20)19-21/h8,10,12-13H,1,9,20-21H2,2-7H3. The van der Waals surface area contributed by atoms with Gasteiger partial charge in [-0.05, 0) is 25.7 Å². The second kappa shape index (κ2) is 8.70. The average Bonchev–Trinajstić information content (AvgIpc) is 2.38. The highest BCUT2D eigenvalue weighted by Crippen LogP contribution is 2.38. The van der Waals surface area contributed by atoms with Crippen LogP contribution in [0.3, 0.4) is 0 Å². The van der Waals surface area contributed by atoms with Crippen LogP contribution in [0.2, 0.25) is 0 Å². The number of allylic oxidation sites excluding steroid dienone is 1. The minimum atomic E-state index is -0.788. The van der Waals surface area contributed by atoms with Crippen molar-refractivity contribution in [3.8, 4) is 0 Å². The SMILES string of the molecule is C=CCC(C)(C)C(OC)C(C)C(=O)C(C)(C)C(OP)OP. The highest BCUT2D eigenvalue weighted by Gasteiger charge is 2.45. The summed E-state index contributed by atoms with van der Waals surface area (Å²) in [5, 5.41) is 0. The normalized spacial score (nSPS) is 15.9. The number of carbonyl (C=O) groups excluding carboxylic acids is 1. The molecule has 0 aliphatic heterocycles. The maximum atomic E-state index is 12.9. The molecule has 4 unspecified atom stereocenters. The third kappa shape index (κ3) is 5.08. The molecule has 0 radical (unpaired) electrons. The van der Waals surface area contributed by atoms with Gasteiger partial charge in [0.05, 0.1) is 11.5 Å². The predicted octanol–water partition coefficient (Wildman–Crippen LogP) is 3.77. The van der Waals surface area contributed by atoms with E-state index in [1.54, 1.807) is 7.11 Å². The number of hydrogen-bond acceptors (Lipinski definition) is 4. The van der Waals surface area contributed by atoms with Gasteiger partial charge < -0.3 is 13.8 Å². The molecule has 0 fully saturated rings. The summed E-state index contributed by atoms with van der Waals surface area (Å²) in [7, 11) is 5.93. The summed E-state index contributed by atoms with van der Waals surface area (Å²) < 4.78 is 16.0. The molecule has 0 bridgehead atoms. The fourth-order valence-electron chi connectivity index (χ4n) is 2.90. The van der Waals surface area contributed by atoms with Crippen LogP contribution in [0, 0.1) is 16.7 Å². The molecule has 0 saturated heterocycles. The molecule has 0 amide bonds. The molecule has 0 rings (SSSR count). The molecule has 0 aromatic carbocycles. The highest BCUT2D eigenvalue weighted by atomic mass is 31.0. The molecule has 0 spiro atoms. The molecule has 0 aromatic rings.